The summed E-state index contributed by atoms with van der Waals surface area (Å²) in [6.07, 6.45) is 1.57. The summed E-state index contributed by atoms with van der Waals surface area (Å²) in [5, 5.41) is 2.77. The van der Waals surface area contributed by atoms with Gasteiger partial charge in [0.25, 0.3) is 5.91 Å². The molecule has 1 amide bonds. The molecule has 0 aliphatic rings. The number of esters is 1. The summed E-state index contributed by atoms with van der Waals surface area (Å²) in [6, 6.07) is 15.0. The summed E-state index contributed by atoms with van der Waals surface area (Å²) in [5.74, 6) is -1.25. The number of hydrogen-bond acceptors (Lipinski definition) is 5. The number of carbonyl (C=O) groups is 2. The van der Waals surface area contributed by atoms with Gasteiger partial charge in [-0.3, -0.25) is 9.59 Å². The Hall–Kier alpha value is -2.71. The van der Waals surface area contributed by atoms with E-state index in [9.17, 15) is 18.0 Å². The lowest BCUT2D eigenvalue weighted by atomic mass is 10.1. The van der Waals surface area contributed by atoms with Crippen LogP contribution < -0.4 is 10.0 Å². The smallest absolute Gasteiger partial charge is 0.324 e. The molecule has 162 valence electrons. The molecule has 2 aromatic carbocycles. The first-order valence-electron chi connectivity index (χ1n) is 9.76. The minimum atomic E-state index is -3.86. The average molecular weight is 433 g/mol. The Morgan fingerprint density at radius 3 is 2.27 bits per heavy atom. The van der Waals surface area contributed by atoms with Crippen LogP contribution >= 0.6 is 0 Å². The van der Waals surface area contributed by atoms with E-state index in [1.54, 1.807) is 12.1 Å². The third-order valence-electron chi connectivity index (χ3n) is 4.48. The number of benzene rings is 2. The van der Waals surface area contributed by atoms with Crippen LogP contribution in [0.5, 0.6) is 0 Å². The highest BCUT2D eigenvalue weighted by molar-refractivity contribution is 7.89. The van der Waals surface area contributed by atoms with Gasteiger partial charge in [-0.25, -0.2) is 8.42 Å². The van der Waals surface area contributed by atoms with Gasteiger partial charge < -0.3 is 10.1 Å². The monoisotopic (exact) mass is 432 g/mol. The van der Waals surface area contributed by atoms with Crippen molar-refractivity contribution >= 4 is 21.9 Å². The summed E-state index contributed by atoms with van der Waals surface area (Å²) < 4.78 is 31.9. The minimum Gasteiger partial charge on any atom is -0.454 e. The van der Waals surface area contributed by atoms with Gasteiger partial charge in [0, 0.05) is 6.04 Å². The van der Waals surface area contributed by atoms with Crippen molar-refractivity contribution in [3.05, 3.63) is 65.7 Å². The molecule has 2 N–H and O–H groups in total. The maximum atomic E-state index is 12.3. The quantitative estimate of drug-likeness (QED) is 0.561. The fraction of sp³-hybridized carbons (Fsp3) is 0.364. The zero-order valence-corrected chi connectivity index (χ0v) is 18.2. The number of hydrogen-bond donors (Lipinski definition) is 2. The Kier molecular flexibility index (Phi) is 8.56. The number of sulfonamides is 1. The van der Waals surface area contributed by atoms with Crippen molar-refractivity contribution in [2.24, 2.45) is 0 Å². The van der Waals surface area contributed by atoms with Gasteiger partial charge in [0.05, 0.1) is 4.90 Å². The molecule has 0 aromatic heterocycles. The van der Waals surface area contributed by atoms with E-state index in [4.69, 9.17) is 4.74 Å². The first-order valence-corrected chi connectivity index (χ1v) is 11.2. The van der Waals surface area contributed by atoms with Gasteiger partial charge in [0.15, 0.2) is 6.61 Å². The van der Waals surface area contributed by atoms with E-state index in [2.05, 4.69) is 10.0 Å². The predicted octanol–water partition coefficient (Wildman–Crippen LogP) is 2.34. The summed E-state index contributed by atoms with van der Waals surface area (Å²) >= 11 is 0. The highest BCUT2D eigenvalue weighted by Crippen LogP contribution is 2.11. The molecule has 0 bridgehead atoms. The number of nitrogens with one attached hydrogen (secondary N) is 2. The SMILES string of the molecule is Cc1ccc(S(=O)(=O)N[C@H](C)C(=O)OCC(=O)N[C@H](C)CCc2ccccc2)cc1. The van der Waals surface area contributed by atoms with Crippen LogP contribution in [0.2, 0.25) is 0 Å². The third kappa shape index (κ3) is 7.61. The molecule has 0 spiro atoms. The maximum absolute atomic E-state index is 12.3. The Morgan fingerprint density at radius 2 is 1.63 bits per heavy atom. The molecule has 2 rings (SSSR count). The first kappa shape index (κ1) is 23.6. The Morgan fingerprint density at radius 1 is 1.00 bits per heavy atom. The van der Waals surface area contributed by atoms with Crippen LogP contribution in [0.1, 0.15) is 31.4 Å². The summed E-state index contributed by atoms with van der Waals surface area (Å²) in [4.78, 5) is 24.1. The van der Waals surface area contributed by atoms with Gasteiger partial charge in [-0.15, -0.1) is 0 Å². The molecule has 2 atom stereocenters. The Balaban J connectivity index is 1.75. The lowest BCUT2D eigenvalue weighted by Crippen LogP contribution is -2.41. The molecule has 0 saturated carbocycles. The van der Waals surface area contributed by atoms with Gasteiger partial charge in [-0.2, -0.15) is 4.72 Å². The standard InChI is InChI=1S/C22H28N2O5S/c1-16-9-13-20(14-10-16)30(27,28)24-18(3)22(26)29-15-21(25)23-17(2)11-12-19-7-5-4-6-8-19/h4-10,13-14,17-18,24H,11-12,15H2,1-3H3,(H,23,25)/t17-,18-/m1/s1. The first-order chi connectivity index (χ1) is 14.2. The van der Waals surface area contributed by atoms with Gasteiger partial charge >= 0.3 is 5.97 Å². The van der Waals surface area contributed by atoms with E-state index in [1.165, 1.54) is 24.6 Å². The lowest BCUT2D eigenvalue weighted by molar-refractivity contribution is -0.149. The molecule has 0 aliphatic carbocycles. The van der Waals surface area contributed by atoms with Crippen LogP contribution in [0.25, 0.3) is 0 Å². The van der Waals surface area contributed by atoms with Crippen LogP contribution in [-0.2, 0) is 30.8 Å². The van der Waals surface area contributed by atoms with Crippen molar-refractivity contribution in [2.75, 3.05) is 6.61 Å². The Bertz CT molecular complexity index is 943. The fourth-order valence-electron chi connectivity index (χ4n) is 2.74. The number of carbonyl (C=O) groups excluding carboxylic acids is 2. The van der Waals surface area contributed by atoms with E-state index < -0.39 is 34.5 Å². The van der Waals surface area contributed by atoms with Crippen molar-refractivity contribution in [1.29, 1.82) is 0 Å². The molecule has 0 saturated heterocycles. The van der Waals surface area contributed by atoms with Crippen molar-refractivity contribution in [3.63, 3.8) is 0 Å². The molecular formula is C22H28N2O5S. The summed E-state index contributed by atoms with van der Waals surface area (Å²) in [7, 11) is -3.86. The van der Waals surface area contributed by atoms with Crippen LogP contribution in [-0.4, -0.2) is 39.0 Å². The average Bonchev–Trinajstić information content (AvgIpc) is 2.71. The van der Waals surface area contributed by atoms with Crippen molar-refractivity contribution < 1.29 is 22.7 Å². The van der Waals surface area contributed by atoms with Gasteiger partial charge in [-0.05, 0) is 51.3 Å². The second-order valence-electron chi connectivity index (χ2n) is 7.26. The molecule has 0 heterocycles. The van der Waals surface area contributed by atoms with Gasteiger partial charge in [-0.1, -0.05) is 48.0 Å². The van der Waals surface area contributed by atoms with Crippen molar-refractivity contribution in [1.82, 2.24) is 10.0 Å². The van der Waals surface area contributed by atoms with E-state index in [0.717, 1.165) is 18.4 Å². The molecule has 30 heavy (non-hydrogen) atoms. The largest absolute Gasteiger partial charge is 0.454 e. The number of aryl methyl sites for hydroxylation is 2. The second-order valence-corrected chi connectivity index (χ2v) is 8.97. The van der Waals surface area contributed by atoms with E-state index >= 15 is 0 Å². The Labute approximate surface area is 177 Å². The predicted molar refractivity (Wildman–Crippen MR) is 114 cm³/mol. The minimum absolute atomic E-state index is 0.0535. The van der Waals surface area contributed by atoms with Crippen molar-refractivity contribution in [2.45, 2.75) is 50.6 Å². The molecule has 0 aliphatic heterocycles. The van der Waals surface area contributed by atoms with Gasteiger partial charge in [0.1, 0.15) is 6.04 Å². The van der Waals surface area contributed by atoms with E-state index in [0.29, 0.717) is 0 Å². The molecule has 2 aromatic rings. The molecule has 0 fully saturated rings. The van der Waals surface area contributed by atoms with Crippen molar-refractivity contribution in [3.8, 4) is 0 Å². The zero-order valence-electron chi connectivity index (χ0n) is 17.4. The number of rotatable bonds is 10. The molecule has 0 radical (unpaired) electrons. The summed E-state index contributed by atoms with van der Waals surface area (Å²) in [5.41, 5.74) is 2.10. The molecule has 8 heteroatoms. The molecular weight excluding hydrogens is 404 g/mol. The molecule has 7 nitrogen and oxygen atoms in total. The number of ether oxygens (including phenoxy) is 1. The highest BCUT2D eigenvalue weighted by atomic mass is 32.2. The van der Waals surface area contributed by atoms with Crippen LogP contribution in [0.3, 0.4) is 0 Å². The van der Waals surface area contributed by atoms with Crippen LogP contribution in [0.4, 0.5) is 0 Å². The van der Waals surface area contributed by atoms with E-state index in [-0.39, 0.29) is 10.9 Å². The van der Waals surface area contributed by atoms with Gasteiger partial charge in [0.2, 0.25) is 10.0 Å². The zero-order chi connectivity index (χ0) is 22.1. The second kappa shape index (κ2) is 10.9. The maximum Gasteiger partial charge on any atom is 0.324 e. The highest BCUT2D eigenvalue weighted by Gasteiger charge is 2.23. The van der Waals surface area contributed by atoms with Crippen LogP contribution in [0.15, 0.2) is 59.5 Å². The van der Waals surface area contributed by atoms with Crippen LogP contribution in [0, 0.1) is 6.92 Å². The third-order valence-corrected chi connectivity index (χ3v) is 6.04. The fourth-order valence-corrected chi connectivity index (χ4v) is 3.94. The van der Waals surface area contributed by atoms with E-state index in [1.807, 2.05) is 44.2 Å². The number of amides is 1. The lowest BCUT2D eigenvalue weighted by Gasteiger charge is -2.16. The summed E-state index contributed by atoms with van der Waals surface area (Å²) in [6.45, 7) is 4.62. The molecule has 0 unspecified atom stereocenters. The topological polar surface area (TPSA) is 102 Å². The normalized spacial score (nSPS) is 13.3.